The summed E-state index contributed by atoms with van der Waals surface area (Å²) in [7, 11) is 0. The summed E-state index contributed by atoms with van der Waals surface area (Å²) in [6, 6.07) is 9.18. The molecular formula is C18H27FN2O3. The smallest absolute Gasteiger partial charge is 0.220 e. The summed E-state index contributed by atoms with van der Waals surface area (Å²) in [5.41, 5.74) is 0.00915. The lowest BCUT2D eigenvalue weighted by Gasteiger charge is -2.46. The van der Waals surface area contributed by atoms with E-state index in [4.69, 9.17) is 0 Å². The van der Waals surface area contributed by atoms with E-state index in [0.717, 1.165) is 12.0 Å². The Kier molecular flexibility index (Phi) is 6.71. The number of rotatable bonds is 7. The Morgan fingerprint density at radius 1 is 1.42 bits per heavy atom. The number of piperidine rings is 1. The van der Waals surface area contributed by atoms with Gasteiger partial charge >= 0.3 is 0 Å². The SMILES string of the molecule is CCC(=O)N[C@@]1(CCCc2ccccc2)CN[C@H](CO)[C@@H](O)[C@H]1F. The third kappa shape index (κ3) is 4.32. The van der Waals surface area contributed by atoms with Gasteiger partial charge in [0.1, 0.15) is 6.10 Å². The maximum absolute atomic E-state index is 14.9. The molecule has 1 aliphatic rings. The van der Waals surface area contributed by atoms with E-state index in [0.29, 0.717) is 12.8 Å². The molecule has 1 aromatic carbocycles. The van der Waals surface area contributed by atoms with Gasteiger partial charge in [-0.2, -0.15) is 0 Å². The van der Waals surface area contributed by atoms with Crippen molar-refractivity contribution >= 4 is 5.91 Å². The van der Waals surface area contributed by atoms with Crippen LogP contribution in [-0.4, -0.2) is 53.1 Å². The number of alkyl halides is 1. The van der Waals surface area contributed by atoms with Crippen LogP contribution in [0.15, 0.2) is 30.3 Å². The number of carbonyl (C=O) groups excluding carboxylic acids is 1. The molecular weight excluding hydrogens is 311 g/mol. The minimum Gasteiger partial charge on any atom is -0.395 e. The van der Waals surface area contributed by atoms with Crippen LogP contribution in [0.2, 0.25) is 0 Å². The van der Waals surface area contributed by atoms with Gasteiger partial charge in [-0.05, 0) is 24.8 Å². The number of benzene rings is 1. The van der Waals surface area contributed by atoms with Gasteiger partial charge in [0.05, 0.1) is 18.2 Å². The summed E-state index contributed by atoms with van der Waals surface area (Å²) >= 11 is 0. The van der Waals surface area contributed by atoms with Gasteiger partial charge in [-0.25, -0.2) is 4.39 Å². The van der Waals surface area contributed by atoms with E-state index >= 15 is 0 Å². The Bertz CT molecular complexity index is 528. The first-order valence-corrected chi connectivity index (χ1v) is 8.53. The van der Waals surface area contributed by atoms with E-state index in [1.165, 1.54) is 0 Å². The van der Waals surface area contributed by atoms with Crippen molar-refractivity contribution in [2.75, 3.05) is 13.2 Å². The van der Waals surface area contributed by atoms with Crippen molar-refractivity contribution in [3.8, 4) is 0 Å². The van der Waals surface area contributed by atoms with Crippen LogP contribution in [0.4, 0.5) is 4.39 Å². The fourth-order valence-electron chi connectivity index (χ4n) is 3.26. The Morgan fingerprint density at radius 3 is 2.75 bits per heavy atom. The lowest BCUT2D eigenvalue weighted by Crippen LogP contribution is -2.72. The van der Waals surface area contributed by atoms with Crippen molar-refractivity contribution in [2.45, 2.75) is 56.5 Å². The topological polar surface area (TPSA) is 81.6 Å². The molecule has 4 atom stereocenters. The Labute approximate surface area is 142 Å². The molecule has 1 aromatic rings. The molecule has 1 fully saturated rings. The highest BCUT2D eigenvalue weighted by Crippen LogP contribution is 2.29. The van der Waals surface area contributed by atoms with Gasteiger partial charge in [0.2, 0.25) is 5.91 Å². The van der Waals surface area contributed by atoms with E-state index in [2.05, 4.69) is 10.6 Å². The molecule has 5 nitrogen and oxygen atoms in total. The Hall–Kier alpha value is -1.50. The zero-order valence-corrected chi connectivity index (χ0v) is 14.0. The van der Waals surface area contributed by atoms with Crippen molar-refractivity contribution in [2.24, 2.45) is 0 Å². The zero-order chi connectivity index (χ0) is 17.6. The van der Waals surface area contributed by atoms with Gasteiger partial charge in [-0.1, -0.05) is 37.3 Å². The minimum atomic E-state index is -1.62. The van der Waals surface area contributed by atoms with Crippen molar-refractivity contribution in [1.82, 2.24) is 10.6 Å². The van der Waals surface area contributed by atoms with Gasteiger partial charge in [0, 0.05) is 13.0 Å². The van der Waals surface area contributed by atoms with Crippen molar-refractivity contribution in [3.63, 3.8) is 0 Å². The highest BCUT2D eigenvalue weighted by Gasteiger charge is 2.49. The second kappa shape index (κ2) is 8.55. The van der Waals surface area contributed by atoms with Crippen LogP contribution in [0.5, 0.6) is 0 Å². The number of hydrogen-bond acceptors (Lipinski definition) is 4. The molecule has 6 heteroatoms. The van der Waals surface area contributed by atoms with Crippen molar-refractivity contribution in [1.29, 1.82) is 0 Å². The molecule has 0 bridgehead atoms. The first kappa shape index (κ1) is 18.8. The number of nitrogens with one attached hydrogen (secondary N) is 2. The van der Waals surface area contributed by atoms with Crippen LogP contribution in [0.1, 0.15) is 31.7 Å². The fourth-order valence-corrected chi connectivity index (χ4v) is 3.26. The predicted octanol–water partition coefficient (Wildman–Crippen LogP) is 0.937. The zero-order valence-electron chi connectivity index (χ0n) is 14.0. The third-order valence-electron chi connectivity index (χ3n) is 4.76. The summed E-state index contributed by atoms with van der Waals surface area (Å²) in [6.07, 6.45) is -0.840. The number of hydrogen-bond donors (Lipinski definition) is 4. The van der Waals surface area contributed by atoms with E-state index in [9.17, 15) is 19.4 Å². The molecule has 0 aliphatic carbocycles. The van der Waals surface area contributed by atoms with Gasteiger partial charge in [0.15, 0.2) is 6.17 Å². The molecule has 1 heterocycles. The van der Waals surface area contributed by atoms with Crippen LogP contribution in [0.25, 0.3) is 0 Å². The molecule has 0 unspecified atom stereocenters. The van der Waals surface area contributed by atoms with E-state index in [1.54, 1.807) is 6.92 Å². The van der Waals surface area contributed by atoms with E-state index in [1.807, 2.05) is 30.3 Å². The van der Waals surface area contributed by atoms with Crippen molar-refractivity contribution < 1.29 is 19.4 Å². The van der Waals surface area contributed by atoms with Crippen LogP contribution < -0.4 is 10.6 Å². The first-order chi connectivity index (χ1) is 11.5. The van der Waals surface area contributed by atoms with Crippen LogP contribution >= 0.6 is 0 Å². The van der Waals surface area contributed by atoms with Gasteiger partial charge in [-0.15, -0.1) is 0 Å². The number of aliphatic hydroxyl groups is 2. The molecule has 0 saturated carbocycles. The van der Waals surface area contributed by atoms with E-state index in [-0.39, 0.29) is 25.5 Å². The number of aliphatic hydroxyl groups excluding tert-OH is 2. The summed E-state index contributed by atoms with van der Waals surface area (Å²) in [6.45, 7) is 1.56. The van der Waals surface area contributed by atoms with E-state index < -0.39 is 23.9 Å². The largest absolute Gasteiger partial charge is 0.395 e. The second-order valence-corrected chi connectivity index (χ2v) is 6.46. The van der Waals surface area contributed by atoms with Gasteiger partial charge in [0.25, 0.3) is 0 Å². The number of aryl methyl sites for hydroxylation is 1. The van der Waals surface area contributed by atoms with Crippen LogP contribution in [0.3, 0.4) is 0 Å². The highest BCUT2D eigenvalue weighted by atomic mass is 19.1. The van der Waals surface area contributed by atoms with Gasteiger partial charge < -0.3 is 20.8 Å². The highest BCUT2D eigenvalue weighted by molar-refractivity contribution is 5.76. The molecule has 0 aromatic heterocycles. The standard InChI is InChI=1S/C18H27FN2O3/c1-2-15(23)21-18(10-6-9-13-7-4-3-5-8-13)12-20-14(11-22)16(24)17(18)19/h3-5,7-8,14,16-17,20,22,24H,2,6,9-12H2,1H3,(H,21,23)/t14-,16-,17-,18+/m1/s1. The molecule has 2 rings (SSSR count). The third-order valence-corrected chi connectivity index (χ3v) is 4.76. The average Bonchev–Trinajstić information content (AvgIpc) is 2.60. The lowest BCUT2D eigenvalue weighted by atomic mass is 9.79. The number of halogens is 1. The predicted molar refractivity (Wildman–Crippen MR) is 90.3 cm³/mol. The maximum atomic E-state index is 14.9. The van der Waals surface area contributed by atoms with Crippen LogP contribution in [-0.2, 0) is 11.2 Å². The normalized spacial score (nSPS) is 30.1. The molecule has 4 N–H and O–H groups in total. The number of carbonyl (C=O) groups is 1. The quantitative estimate of drug-likeness (QED) is 0.596. The van der Waals surface area contributed by atoms with Crippen molar-refractivity contribution in [3.05, 3.63) is 35.9 Å². The molecule has 1 aliphatic heterocycles. The Balaban J connectivity index is 2.07. The summed E-state index contributed by atoms with van der Waals surface area (Å²) in [5.74, 6) is -0.242. The monoisotopic (exact) mass is 338 g/mol. The molecule has 134 valence electrons. The summed E-state index contributed by atoms with van der Waals surface area (Å²) in [5, 5.41) is 25.1. The van der Waals surface area contributed by atoms with Gasteiger partial charge in [-0.3, -0.25) is 4.79 Å². The molecule has 1 amide bonds. The second-order valence-electron chi connectivity index (χ2n) is 6.46. The fraction of sp³-hybridized carbons (Fsp3) is 0.611. The molecule has 0 radical (unpaired) electrons. The molecule has 1 saturated heterocycles. The molecule has 24 heavy (non-hydrogen) atoms. The van der Waals surface area contributed by atoms with Crippen LogP contribution in [0, 0.1) is 0 Å². The number of amides is 1. The lowest BCUT2D eigenvalue weighted by molar-refractivity contribution is -0.127. The molecule has 0 spiro atoms. The summed E-state index contributed by atoms with van der Waals surface area (Å²) in [4.78, 5) is 11.9. The maximum Gasteiger partial charge on any atom is 0.220 e. The average molecular weight is 338 g/mol. The minimum absolute atomic E-state index is 0.191. The summed E-state index contributed by atoms with van der Waals surface area (Å²) < 4.78 is 14.9. The first-order valence-electron chi connectivity index (χ1n) is 8.53. The Morgan fingerprint density at radius 2 is 2.12 bits per heavy atom.